The first-order valence-electron chi connectivity index (χ1n) is 6.87. The molecule has 0 aliphatic heterocycles. The van der Waals surface area contributed by atoms with Crippen molar-refractivity contribution in [2.24, 2.45) is 5.73 Å². The highest BCUT2D eigenvalue weighted by molar-refractivity contribution is 5.83. The van der Waals surface area contributed by atoms with E-state index in [1.807, 2.05) is 37.3 Å². The monoisotopic (exact) mass is 278 g/mol. The van der Waals surface area contributed by atoms with Crippen molar-refractivity contribution in [1.82, 2.24) is 5.32 Å². The number of nitrogens with one attached hydrogen (secondary N) is 1. The van der Waals surface area contributed by atoms with Crippen LogP contribution in [-0.4, -0.2) is 23.0 Å². The van der Waals surface area contributed by atoms with Crippen LogP contribution in [0.4, 0.5) is 0 Å². The van der Waals surface area contributed by atoms with Crippen LogP contribution in [0.2, 0.25) is 0 Å². The highest BCUT2D eigenvalue weighted by Gasteiger charge is 2.20. The Hall–Kier alpha value is -1.88. The second-order valence-electron chi connectivity index (χ2n) is 4.82. The lowest BCUT2D eigenvalue weighted by Gasteiger charge is -2.16. The number of carboxylic acids is 1. The molecule has 0 bridgehead atoms. The summed E-state index contributed by atoms with van der Waals surface area (Å²) in [5, 5.41) is 11.6. The maximum absolute atomic E-state index is 11.9. The van der Waals surface area contributed by atoms with Gasteiger partial charge in [-0.2, -0.15) is 0 Å². The first kappa shape index (κ1) is 16.2. The van der Waals surface area contributed by atoms with Gasteiger partial charge in [0.05, 0.1) is 0 Å². The summed E-state index contributed by atoms with van der Waals surface area (Å²) in [5.74, 6) is -1.33. The Morgan fingerprint density at radius 3 is 2.50 bits per heavy atom. The van der Waals surface area contributed by atoms with E-state index in [1.54, 1.807) is 0 Å². The molecular formula is C15H22N2O3. The highest BCUT2D eigenvalue weighted by atomic mass is 16.4. The molecule has 0 aliphatic carbocycles. The minimum Gasteiger partial charge on any atom is -0.480 e. The molecule has 5 heteroatoms. The van der Waals surface area contributed by atoms with Gasteiger partial charge in [0.15, 0.2) is 0 Å². The topological polar surface area (TPSA) is 92.4 Å². The summed E-state index contributed by atoms with van der Waals surface area (Å²) in [6.07, 6.45) is 2.18. The van der Waals surface area contributed by atoms with Gasteiger partial charge in [-0.15, -0.1) is 0 Å². The van der Waals surface area contributed by atoms with Gasteiger partial charge in [0, 0.05) is 12.5 Å². The summed E-state index contributed by atoms with van der Waals surface area (Å²) in [4.78, 5) is 22.9. The molecule has 0 radical (unpaired) electrons. The number of hydrogen-bond donors (Lipinski definition) is 3. The van der Waals surface area contributed by atoms with Gasteiger partial charge in [-0.05, 0) is 12.0 Å². The van der Waals surface area contributed by atoms with E-state index in [4.69, 9.17) is 10.8 Å². The molecule has 0 fully saturated rings. The molecule has 0 saturated heterocycles. The Morgan fingerprint density at radius 2 is 1.95 bits per heavy atom. The minimum atomic E-state index is -1.000. The summed E-state index contributed by atoms with van der Waals surface area (Å²) in [6.45, 7) is 1.98. The average molecular weight is 278 g/mol. The molecule has 0 aromatic heterocycles. The molecule has 0 heterocycles. The zero-order chi connectivity index (χ0) is 15.0. The van der Waals surface area contributed by atoms with Gasteiger partial charge >= 0.3 is 5.97 Å². The fraction of sp³-hybridized carbons (Fsp3) is 0.467. The number of benzene rings is 1. The summed E-state index contributed by atoms with van der Waals surface area (Å²) < 4.78 is 0. The molecule has 1 aromatic carbocycles. The molecule has 0 aliphatic rings. The number of amides is 1. The first-order valence-corrected chi connectivity index (χ1v) is 6.87. The van der Waals surface area contributed by atoms with Gasteiger partial charge in [-0.25, -0.2) is 4.79 Å². The molecule has 20 heavy (non-hydrogen) atoms. The Morgan fingerprint density at radius 1 is 1.30 bits per heavy atom. The Bertz CT molecular complexity index is 434. The van der Waals surface area contributed by atoms with Crippen LogP contribution < -0.4 is 11.1 Å². The van der Waals surface area contributed by atoms with E-state index in [0.717, 1.165) is 18.4 Å². The second-order valence-corrected chi connectivity index (χ2v) is 4.82. The lowest BCUT2D eigenvalue weighted by Crippen LogP contribution is -2.41. The number of carboxylic acid groups (broad SMARTS) is 1. The van der Waals surface area contributed by atoms with Crippen molar-refractivity contribution in [2.75, 3.05) is 0 Å². The second kappa shape index (κ2) is 8.32. The van der Waals surface area contributed by atoms with Gasteiger partial charge in [-0.3, -0.25) is 4.79 Å². The molecule has 110 valence electrons. The van der Waals surface area contributed by atoms with Gasteiger partial charge in [0.2, 0.25) is 5.91 Å². The van der Waals surface area contributed by atoms with Gasteiger partial charge < -0.3 is 16.2 Å². The normalized spacial score (nSPS) is 13.5. The zero-order valence-electron chi connectivity index (χ0n) is 11.7. The van der Waals surface area contributed by atoms with Crippen molar-refractivity contribution in [3.8, 4) is 0 Å². The third kappa shape index (κ3) is 5.40. The van der Waals surface area contributed by atoms with Crippen LogP contribution in [0.1, 0.15) is 44.2 Å². The predicted molar refractivity (Wildman–Crippen MR) is 77.1 cm³/mol. The molecule has 2 atom stereocenters. The van der Waals surface area contributed by atoms with E-state index in [-0.39, 0.29) is 12.3 Å². The Balaban J connectivity index is 2.51. The number of unbranched alkanes of at least 4 members (excludes halogenated alkanes) is 1. The van der Waals surface area contributed by atoms with E-state index < -0.39 is 18.1 Å². The van der Waals surface area contributed by atoms with Gasteiger partial charge in [-0.1, -0.05) is 50.1 Å². The lowest BCUT2D eigenvalue weighted by atomic mass is 10.0. The van der Waals surface area contributed by atoms with Crippen LogP contribution in [0.5, 0.6) is 0 Å². The molecule has 1 rings (SSSR count). The Kier molecular flexibility index (Phi) is 6.73. The highest BCUT2D eigenvalue weighted by Crippen LogP contribution is 2.13. The maximum Gasteiger partial charge on any atom is 0.326 e. The fourth-order valence-corrected chi connectivity index (χ4v) is 1.94. The van der Waals surface area contributed by atoms with Crippen LogP contribution in [0.25, 0.3) is 0 Å². The van der Waals surface area contributed by atoms with Crippen molar-refractivity contribution in [3.63, 3.8) is 0 Å². The number of carbonyl (C=O) groups is 2. The van der Waals surface area contributed by atoms with Crippen molar-refractivity contribution in [3.05, 3.63) is 35.9 Å². The van der Waals surface area contributed by atoms with Crippen LogP contribution in [0, 0.1) is 0 Å². The molecule has 0 spiro atoms. The molecule has 5 nitrogen and oxygen atoms in total. The third-order valence-electron chi connectivity index (χ3n) is 3.11. The minimum absolute atomic E-state index is 0.0833. The van der Waals surface area contributed by atoms with Crippen molar-refractivity contribution < 1.29 is 14.7 Å². The fourth-order valence-electron chi connectivity index (χ4n) is 1.94. The molecular weight excluding hydrogens is 256 g/mol. The third-order valence-corrected chi connectivity index (χ3v) is 3.11. The summed E-state index contributed by atoms with van der Waals surface area (Å²) in [5.41, 5.74) is 6.80. The summed E-state index contributed by atoms with van der Waals surface area (Å²) in [6, 6.07) is 8.04. The maximum atomic E-state index is 11.9. The molecule has 0 saturated carbocycles. The molecule has 1 amide bonds. The standard InChI is InChI=1S/C15H22N2O3/c1-2-3-9-13(15(19)20)17-14(18)10-12(16)11-7-5-4-6-8-11/h4-8,12-13H,2-3,9-10,16H2,1H3,(H,17,18)(H,19,20). The van der Waals surface area contributed by atoms with E-state index in [1.165, 1.54) is 0 Å². The van der Waals surface area contributed by atoms with Crippen molar-refractivity contribution in [2.45, 2.75) is 44.7 Å². The lowest BCUT2D eigenvalue weighted by molar-refractivity contribution is -0.142. The van der Waals surface area contributed by atoms with Crippen LogP contribution in [0.3, 0.4) is 0 Å². The van der Waals surface area contributed by atoms with Gasteiger partial charge in [0.25, 0.3) is 0 Å². The predicted octanol–water partition coefficient (Wildman–Crippen LogP) is 1.84. The molecule has 2 unspecified atom stereocenters. The van der Waals surface area contributed by atoms with E-state index >= 15 is 0 Å². The number of hydrogen-bond acceptors (Lipinski definition) is 3. The molecule has 1 aromatic rings. The average Bonchev–Trinajstić information content (AvgIpc) is 2.44. The quantitative estimate of drug-likeness (QED) is 0.676. The van der Waals surface area contributed by atoms with E-state index in [2.05, 4.69) is 5.32 Å². The van der Waals surface area contributed by atoms with E-state index in [9.17, 15) is 9.59 Å². The number of rotatable bonds is 8. The summed E-state index contributed by atoms with van der Waals surface area (Å²) >= 11 is 0. The Labute approximate surface area is 119 Å². The summed E-state index contributed by atoms with van der Waals surface area (Å²) in [7, 11) is 0. The molecule has 4 N–H and O–H groups in total. The van der Waals surface area contributed by atoms with Crippen LogP contribution >= 0.6 is 0 Å². The largest absolute Gasteiger partial charge is 0.480 e. The van der Waals surface area contributed by atoms with E-state index in [0.29, 0.717) is 6.42 Å². The number of nitrogens with two attached hydrogens (primary N) is 1. The number of aliphatic carboxylic acids is 1. The number of carbonyl (C=O) groups excluding carboxylic acids is 1. The van der Waals surface area contributed by atoms with Crippen LogP contribution in [-0.2, 0) is 9.59 Å². The smallest absolute Gasteiger partial charge is 0.326 e. The van der Waals surface area contributed by atoms with Crippen molar-refractivity contribution in [1.29, 1.82) is 0 Å². The first-order chi connectivity index (χ1) is 9.54. The van der Waals surface area contributed by atoms with Gasteiger partial charge in [0.1, 0.15) is 6.04 Å². The van der Waals surface area contributed by atoms with Crippen LogP contribution in [0.15, 0.2) is 30.3 Å². The van der Waals surface area contributed by atoms with Crippen molar-refractivity contribution >= 4 is 11.9 Å². The zero-order valence-corrected chi connectivity index (χ0v) is 11.7. The SMILES string of the molecule is CCCCC(NC(=O)CC(N)c1ccccc1)C(=O)O.